The average Bonchev–Trinajstić information content (AvgIpc) is 3.30. The Hall–Kier alpha value is -2.24. The van der Waals surface area contributed by atoms with Gasteiger partial charge in [0.2, 0.25) is 6.10 Å². The molecule has 1 aromatic carbocycles. The van der Waals surface area contributed by atoms with Gasteiger partial charge in [0.1, 0.15) is 6.61 Å². The second kappa shape index (κ2) is 5.63. The van der Waals surface area contributed by atoms with Gasteiger partial charge >= 0.3 is 5.97 Å². The number of carbonyl (C=O) groups excluding carboxylic acids is 1. The molecule has 2 aliphatic rings. The maximum absolute atomic E-state index is 12.2. The van der Waals surface area contributed by atoms with Gasteiger partial charge in [-0.15, -0.1) is 0 Å². The number of nitrogens with one attached hydrogen (secondary N) is 1. The summed E-state index contributed by atoms with van der Waals surface area (Å²) >= 11 is 0. The van der Waals surface area contributed by atoms with Crippen LogP contribution in [0.25, 0.3) is 0 Å². The van der Waals surface area contributed by atoms with Crippen LogP contribution in [-0.2, 0) is 9.59 Å². The van der Waals surface area contributed by atoms with Crippen LogP contribution in [0.15, 0.2) is 24.3 Å². The Labute approximate surface area is 122 Å². The summed E-state index contributed by atoms with van der Waals surface area (Å²) in [5.41, 5.74) is 0. The molecule has 0 radical (unpaired) electrons. The van der Waals surface area contributed by atoms with Crippen molar-refractivity contribution in [2.75, 3.05) is 6.61 Å². The lowest BCUT2D eigenvalue weighted by molar-refractivity contribution is -0.138. The molecule has 1 fully saturated rings. The molecule has 6 nitrogen and oxygen atoms in total. The largest absolute Gasteiger partial charge is 0.485 e. The minimum atomic E-state index is -0.904. The average molecular weight is 291 g/mol. The number of hydrogen-bond donors (Lipinski definition) is 2. The first kappa shape index (κ1) is 13.7. The molecule has 1 aromatic rings. The van der Waals surface area contributed by atoms with E-state index in [2.05, 4.69) is 5.32 Å². The highest BCUT2D eigenvalue weighted by atomic mass is 16.6. The quantitative estimate of drug-likeness (QED) is 0.851. The number of carboxylic acids is 1. The van der Waals surface area contributed by atoms with E-state index in [1.54, 1.807) is 18.2 Å². The molecule has 0 bridgehead atoms. The van der Waals surface area contributed by atoms with Gasteiger partial charge in [-0.05, 0) is 30.9 Å². The lowest BCUT2D eigenvalue weighted by Gasteiger charge is -2.27. The Kier molecular flexibility index (Phi) is 3.68. The summed E-state index contributed by atoms with van der Waals surface area (Å²) in [5, 5.41) is 11.7. The third-order valence-corrected chi connectivity index (χ3v) is 3.71. The molecule has 0 saturated heterocycles. The van der Waals surface area contributed by atoms with Crippen LogP contribution in [0, 0.1) is 5.92 Å². The molecule has 1 heterocycles. The summed E-state index contributed by atoms with van der Waals surface area (Å²) in [6, 6.07) is 6.83. The number of carboxylic acid groups (broad SMARTS) is 1. The van der Waals surface area contributed by atoms with Crippen LogP contribution in [0.2, 0.25) is 0 Å². The predicted octanol–water partition coefficient (Wildman–Crippen LogP) is 1.20. The zero-order valence-electron chi connectivity index (χ0n) is 11.5. The highest BCUT2D eigenvalue weighted by Crippen LogP contribution is 2.34. The van der Waals surface area contributed by atoms with Gasteiger partial charge in [0.15, 0.2) is 11.5 Å². The highest BCUT2D eigenvalue weighted by Gasteiger charge is 2.36. The summed E-state index contributed by atoms with van der Waals surface area (Å²) in [7, 11) is 0. The van der Waals surface area contributed by atoms with Gasteiger partial charge in [0.25, 0.3) is 5.91 Å². The second-order valence-electron chi connectivity index (χ2n) is 5.41. The van der Waals surface area contributed by atoms with Crippen molar-refractivity contribution in [1.29, 1.82) is 0 Å². The van der Waals surface area contributed by atoms with Crippen molar-refractivity contribution in [2.45, 2.75) is 31.4 Å². The molecule has 112 valence electrons. The Morgan fingerprint density at radius 3 is 2.67 bits per heavy atom. The Morgan fingerprint density at radius 2 is 2.00 bits per heavy atom. The van der Waals surface area contributed by atoms with E-state index in [9.17, 15) is 9.59 Å². The maximum Gasteiger partial charge on any atom is 0.305 e. The highest BCUT2D eigenvalue weighted by molar-refractivity contribution is 5.82. The minimum Gasteiger partial charge on any atom is -0.485 e. The predicted molar refractivity (Wildman–Crippen MR) is 73.3 cm³/mol. The first-order valence-electron chi connectivity index (χ1n) is 7.04. The first-order chi connectivity index (χ1) is 10.1. The molecular formula is C15H17NO5. The van der Waals surface area contributed by atoms with Crippen LogP contribution in [0.1, 0.15) is 19.3 Å². The molecule has 0 aromatic heterocycles. The number of benzene rings is 1. The standard InChI is InChI=1S/C15H17NO5/c17-14(18)7-10(9-5-6-9)16-15(19)13-8-20-11-3-1-2-4-12(11)21-13/h1-4,9-10,13H,5-8H2,(H,16,19)(H,17,18). The monoisotopic (exact) mass is 291 g/mol. The molecule has 1 amide bonds. The van der Waals surface area contributed by atoms with Gasteiger partial charge in [0, 0.05) is 6.04 Å². The fourth-order valence-corrected chi connectivity index (χ4v) is 2.45. The lowest BCUT2D eigenvalue weighted by atomic mass is 10.1. The number of carbonyl (C=O) groups is 2. The van der Waals surface area contributed by atoms with Crippen molar-refractivity contribution in [3.8, 4) is 11.5 Å². The molecule has 0 spiro atoms. The van der Waals surface area contributed by atoms with Gasteiger partial charge in [-0.3, -0.25) is 9.59 Å². The van der Waals surface area contributed by atoms with Crippen LogP contribution in [0.4, 0.5) is 0 Å². The van der Waals surface area contributed by atoms with Gasteiger partial charge in [-0.25, -0.2) is 0 Å². The molecule has 1 aliphatic carbocycles. The summed E-state index contributed by atoms with van der Waals surface area (Å²) in [6.45, 7) is 0.132. The van der Waals surface area contributed by atoms with Gasteiger partial charge < -0.3 is 19.9 Å². The normalized spacial score (nSPS) is 21.4. The fraction of sp³-hybridized carbons (Fsp3) is 0.467. The number of rotatable bonds is 5. The van der Waals surface area contributed by atoms with E-state index < -0.39 is 12.1 Å². The lowest BCUT2D eigenvalue weighted by Crippen LogP contribution is -2.48. The van der Waals surface area contributed by atoms with Crippen molar-refractivity contribution in [3.63, 3.8) is 0 Å². The summed E-state index contributed by atoms with van der Waals surface area (Å²) < 4.78 is 11.1. The molecule has 2 unspecified atom stereocenters. The Morgan fingerprint density at radius 1 is 1.29 bits per heavy atom. The summed E-state index contributed by atoms with van der Waals surface area (Å²) in [6.07, 6.45) is 1.13. The van der Waals surface area contributed by atoms with Crippen LogP contribution in [-0.4, -0.2) is 35.7 Å². The smallest absolute Gasteiger partial charge is 0.305 e. The van der Waals surface area contributed by atoms with E-state index in [-0.39, 0.29) is 30.9 Å². The molecule has 2 N–H and O–H groups in total. The number of ether oxygens (including phenoxy) is 2. The van der Waals surface area contributed by atoms with E-state index in [0.717, 1.165) is 12.8 Å². The van der Waals surface area contributed by atoms with Crippen LogP contribution < -0.4 is 14.8 Å². The van der Waals surface area contributed by atoms with Crippen LogP contribution in [0.5, 0.6) is 11.5 Å². The molecule has 2 atom stereocenters. The fourth-order valence-electron chi connectivity index (χ4n) is 2.45. The van der Waals surface area contributed by atoms with E-state index in [1.165, 1.54) is 0 Å². The van der Waals surface area contributed by atoms with E-state index in [0.29, 0.717) is 11.5 Å². The zero-order valence-corrected chi connectivity index (χ0v) is 11.5. The number of para-hydroxylation sites is 2. The molecule has 6 heteroatoms. The number of aliphatic carboxylic acids is 1. The third-order valence-electron chi connectivity index (χ3n) is 3.71. The van der Waals surface area contributed by atoms with Gasteiger partial charge in [-0.2, -0.15) is 0 Å². The van der Waals surface area contributed by atoms with Crippen LogP contribution >= 0.6 is 0 Å². The van der Waals surface area contributed by atoms with Crippen LogP contribution in [0.3, 0.4) is 0 Å². The summed E-state index contributed by atoms with van der Waals surface area (Å²) in [4.78, 5) is 23.1. The van der Waals surface area contributed by atoms with Gasteiger partial charge in [0.05, 0.1) is 6.42 Å². The Balaban J connectivity index is 1.62. The van der Waals surface area contributed by atoms with E-state index in [1.807, 2.05) is 6.07 Å². The molecule has 3 rings (SSSR count). The van der Waals surface area contributed by atoms with E-state index >= 15 is 0 Å². The molecule has 1 aliphatic heterocycles. The molecular weight excluding hydrogens is 274 g/mol. The number of hydrogen-bond acceptors (Lipinski definition) is 4. The molecule has 21 heavy (non-hydrogen) atoms. The zero-order chi connectivity index (χ0) is 14.8. The minimum absolute atomic E-state index is 0.0550. The number of amides is 1. The summed E-state index contributed by atoms with van der Waals surface area (Å²) in [5.74, 6) is 0.193. The van der Waals surface area contributed by atoms with E-state index in [4.69, 9.17) is 14.6 Å². The Bertz CT molecular complexity index is 555. The molecule has 1 saturated carbocycles. The van der Waals surface area contributed by atoms with Gasteiger partial charge in [-0.1, -0.05) is 12.1 Å². The third kappa shape index (κ3) is 3.26. The van der Waals surface area contributed by atoms with Crippen molar-refractivity contribution < 1.29 is 24.2 Å². The van der Waals surface area contributed by atoms with Crippen molar-refractivity contribution in [2.24, 2.45) is 5.92 Å². The van der Waals surface area contributed by atoms with Crippen molar-refractivity contribution >= 4 is 11.9 Å². The first-order valence-corrected chi connectivity index (χ1v) is 7.04. The number of fused-ring (bicyclic) bond motifs is 1. The maximum atomic E-state index is 12.2. The SMILES string of the molecule is O=C(O)CC(NC(=O)C1COc2ccccc2O1)C1CC1. The topological polar surface area (TPSA) is 84.9 Å². The van der Waals surface area contributed by atoms with Crippen molar-refractivity contribution in [3.05, 3.63) is 24.3 Å². The van der Waals surface area contributed by atoms with Crippen molar-refractivity contribution in [1.82, 2.24) is 5.32 Å². The second-order valence-corrected chi connectivity index (χ2v) is 5.41.